The van der Waals surface area contributed by atoms with Gasteiger partial charge >= 0.3 is 0 Å². The third-order valence-corrected chi connectivity index (χ3v) is 7.11. The molecule has 0 unspecified atom stereocenters. The van der Waals surface area contributed by atoms with Gasteiger partial charge in [-0.2, -0.15) is 4.31 Å². The lowest BCUT2D eigenvalue weighted by atomic mass is 9.98. The minimum Gasteiger partial charge on any atom is -0.497 e. The van der Waals surface area contributed by atoms with Gasteiger partial charge < -0.3 is 9.64 Å². The predicted molar refractivity (Wildman–Crippen MR) is 109 cm³/mol. The number of nitrogens with zero attached hydrogens (tertiary/aromatic N) is 2. The van der Waals surface area contributed by atoms with Gasteiger partial charge in [-0.3, -0.25) is 4.79 Å². The fourth-order valence-electron chi connectivity index (χ4n) is 3.32. The summed E-state index contributed by atoms with van der Waals surface area (Å²) < 4.78 is 32.4. The molecule has 0 aliphatic carbocycles. The number of halogens is 1. The second-order valence-corrected chi connectivity index (χ2v) is 9.13. The smallest absolute Gasteiger partial charge is 0.243 e. The summed E-state index contributed by atoms with van der Waals surface area (Å²) in [4.78, 5) is 14.7. The fourth-order valence-corrected chi connectivity index (χ4v) is 4.97. The van der Waals surface area contributed by atoms with Crippen molar-refractivity contribution in [3.63, 3.8) is 0 Å². The quantitative estimate of drug-likeness (QED) is 0.740. The summed E-state index contributed by atoms with van der Waals surface area (Å²) in [5.41, 5.74) is 0.739. The minimum absolute atomic E-state index is 0.0961. The molecular weight excluding hydrogens is 400 g/mol. The number of anilines is 1. The second-order valence-electron chi connectivity index (χ2n) is 6.75. The van der Waals surface area contributed by atoms with E-state index in [1.165, 1.54) is 16.4 Å². The molecule has 0 bridgehead atoms. The first-order chi connectivity index (χ1) is 13.3. The molecule has 0 N–H and O–H groups in total. The molecule has 8 heteroatoms. The normalized spacial score (nSPS) is 17.9. The molecule has 3 rings (SSSR count). The molecule has 1 aliphatic heterocycles. The molecule has 1 saturated heterocycles. The van der Waals surface area contributed by atoms with Gasteiger partial charge in [-0.15, -0.1) is 0 Å². The number of piperidine rings is 1. The summed E-state index contributed by atoms with van der Waals surface area (Å²) in [6.07, 6.45) is 1.30. The number of hydrogen-bond donors (Lipinski definition) is 0. The SMILES string of the molecule is COc1ccc(N(C)C(=O)[C@H]2CCCN(S(=O)(=O)c3ccc(Cl)cc3)C2)cc1. The van der Waals surface area contributed by atoms with Crippen molar-refractivity contribution in [2.75, 3.05) is 32.1 Å². The topological polar surface area (TPSA) is 66.9 Å². The molecule has 150 valence electrons. The number of ether oxygens (including phenoxy) is 1. The molecule has 0 spiro atoms. The van der Waals surface area contributed by atoms with Crippen LogP contribution in [0, 0.1) is 5.92 Å². The first-order valence-corrected chi connectivity index (χ1v) is 10.8. The highest BCUT2D eigenvalue weighted by atomic mass is 35.5. The Kier molecular flexibility index (Phi) is 6.27. The molecular formula is C20H23ClN2O4S. The van der Waals surface area contributed by atoms with E-state index in [-0.39, 0.29) is 23.3 Å². The van der Waals surface area contributed by atoms with Crippen molar-refractivity contribution >= 4 is 33.2 Å². The van der Waals surface area contributed by atoms with E-state index < -0.39 is 10.0 Å². The van der Waals surface area contributed by atoms with E-state index in [1.54, 1.807) is 43.3 Å². The Labute approximate surface area is 170 Å². The Morgan fingerprint density at radius 3 is 2.39 bits per heavy atom. The van der Waals surface area contributed by atoms with E-state index >= 15 is 0 Å². The van der Waals surface area contributed by atoms with Crippen LogP contribution in [0.2, 0.25) is 5.02 Å². The van der Waals surface area contributed by atoms with Gasteiger partial charge in [0.2, 0.25) is 15.9 Å². The lowest BCUT2D eigenvalue weighted by molar-refractivity contribution is -0.123. The molecule has 28 heavy (non-hydrogen) atoms. The molecule has 1 atom stereocenters. The number of methoxy groups -OCH3 is 1. The number of rotatable bonds is 5. The maximum absolute atomic E-state index is 13.0. The Hall–Kier alpha value is -2.09. The number of carbonyl (C=O) groups is 1. The van der Waals surface area contributed by atoms with Crippen molar-refractivity contribution < 1.29 is 17.9 Å². The average molecular weight is 423 g/mol. The van der Waals surface area contributed by atoms with Crippen molar-refractivity contribution in [3.05, 3.63) is 53.6 Å². The fraction of sp³-hybridized carbons (Fsp3) is 0.350. The van der Waals surface area contributed by atoms with Crippen molar-refractivity contribution in [1.29, 1.82) is 0 Å². The minimum atomic E-state index is -3.66. The van der Waals surface area contributed by atoms with Crippen molar-refractivity contribution in [2.45, 2.75) is 17.7 Å². The van der Waals surface area contributed by atoms with Crippen LogP contribution in [0.3, 0.4) is 0 Å². The van der Waals surface area contributed by atoms with Gasteiger partial charge in [-0.05, 0) is 61.4 Å². The van der Waals surface area contributed by atoms with Crippen molar-refractivity contribution in [2.24, 2.45) is 5.92 Å². The van der Waals surface area contributed by atoms with Crippen LogP contribution in [0.25, 0.3) is 0 Å². The van der Waals surface area contributed by atoms with Crippen LogP contribution in [0.4, 0.5) is 5.69 Å². The lowest BCUT2D eigenvalue weighted by Gasteiger charge is -2.33. The van der Waals surface area contributed by atoms with E-state index in [9.17, 15) is 13.2 Å². The first-order valence-electron chi connectivity index (χ1n) is 9.00. The predicted octanol–water partition coefficient (Wildman–Crippen LogP) is 3.41. The average Bonchev–Trinajstić information content (AvgIpc) is 2.73. The number of benzene rings is 2. The highest BCUT2D eigenvalue weighted by Gasteiger charge is 2.34. The highest BCUT2D eigenvalue weighted by molar-refractivity contribution is 7.89. The Morgan fingerprint density at radius 2 is 1.79 bits per heavy atom. The molecule has 2 aromatic rings. The molecule has 0 saturated carbocycles. The van der Waals surface area contributed by atoms with Crippen molar-refractivity contribution in [1.82, 2.24) is 4.31 Å². The summed E-state index contributed by atoms with van der Waals surface area (Å²) in [7, 11) is -0.367. The number of amides is 1. The first kappa shape index (κ1) is 20.6. The molecule has 2 aromatic carbocycles. The standard InChI is InChI=1S/C20H23ClN2O4S/c1-22(17-7-9-18(27-2)10-8-17)20(24)15-4-3-13-23(14-15)28(25,26)19-11-5-16(21)6-12-19/h5-12,15H,3-4,13-14H2,1-2H3/t15-/m0/s1. The summed E-state index contributed by atoms with van der Waals surface area (Å²) in [6.45, 7) is 0.575. The van der Waals surface area contributed by atoms with Crippen LogP contribution in [-0.4, -0.2) is 45.9 Å². The maximum atomic E-state index is 13.0. The van der Waals surface area contributed by atoms with Crippen LogP contribution in [-0.2, 0) is 14.8 Å². The lowest BCUT2D eigenvalue weighted by Crippen LogP contribution is -2.45. The van der Waals surface area contributed by atoms with E-state index in [4.69, 9.17) is 16.3 Å². The van der Waals surface area contributed by atoms with E-state index in [2.05, 4.69) is 0 Å². The second kappa shape index (κ2) is 8.51. The zero-order valence-corrected chi connectivity index (χ0v) is 17.4. The Bertz CT molecular complexity index is 930. The Balaban J connectivity index is 1.74. The number of sulfonamides is 1. The molecule has 1 amide bonds. The van der Waals surface area contributed by atoms with Gasteiger partial charge in [0.25, 0.3) is 0 Å². The van der Waals surface area contributed by atoms with E-state index in [0.29, 0.717) is 30.2 Å². The monoisotopic (exact) mass is 422 g/mol. The van der Waals surface area contributed by atoms with Crippen LogP contribution in [0.5, 0.6) is 5.75 Å². The molecule has 1 heterocycles. The molecule has 1 fully saturated rings. The van der Waals surface area contributed by atoms with Crippen molar-refractivity contribution in [3.8, 4) is 5.75 Å². The maximum Gasteiger partial charge on any atom is 0.243 e. The molecule has 1 aliphatic rings. The van der Waals surface area contributed by atoms with Gasteiger partial charge in [-0.1, -0.05) is 11.6 Å². The molecule has 0 aromatic heterocycles. The highest BCUT2D eigenvalue weighted by Crippen LogP contribution is 2.27. The van der Waals surface area contributed by atoms with Crippen LogP contribution in [0.1, 0.15) is 12.8 Å². The Morgan fingerprint density at radius 1 is 1.14 bits per heavy atom. The summed E-state index contributed by atoms with van der Waals surface area (Å²) in [6, 6.07) is 13.3. The molecule has 6 nitrogen and oxygen atoms in total. The largest absolute Gasteiger partial charge is 0.497 e. The summed E-state index contributed by atoms with van der Waals surface area (Å²) in [5.74, 6) is 0.228. The number of carbonyl (C=O) groups excluding carboxylic acids is 1. The zero-order valence-electron chi connectivity index (χ0n) is 15.8. The summed E-state index contributed by atoms with van der Waals surface area (Å²) in [5, 5.41) is 0.478. The third kappa shape index (κ3) is 4.32. The molecule has 0 radical (unpaired) electrons. The van der Waals surface area contributed by atoms with Crippen LogP contribution in [0.15, 0.2) is 53.4 Å². The van der Waals surface area contributed by atoms with Crippen LogP contribution >= 0.6 is 11.6 Å². The zero-order chi connectivity index (χ0) is 20.3. The van der Waals surface area contributed by atoms with Gasteiger partial charge in [-0.25, -0.2) is 8.42 Å². The van der Waals surface area contributed by atoms with Gasteiger partial charge in [0, 0.05) is 30.8 Å². The van der Waals surface area contributed by atoms with E-state index in [0.717, 1.165) is 5.69 Å². The summed E-state index contributed by atoms with van der Waals surface area (Å²) >= 11 is 5.86. The van der Waals surface area contributed by atoms with Gasteiger partial charge in [0.15, 0.2) is 0 Å². The van der Waals surface area contributed by atoms with Crippen LogP contribution < -0.4 is 9.64 Å². The van der Waals surface area contributed by atoms with Gasteiger partial charge in [0.05, 0.1) is 17.9 Å². The number of hydrogen-bond acceptors (Lipinski definition) is 4. The van der Waals surface area contributed by atoms with E-state index in [1.807, 2.05) is 12.1 Å². The third-order valence-electron chi connectivity index (χ3n) is 4.98. The van der Waals surface area contributed by atoms with Gasteiger partial charge in [0.1, 0.15) is 5.75 Å².